The summed E-state index contributed by atoms with van der Waals surface area (Å²) in [7, 11) is 0. The fourth-order valence-electron chi connectivity index (χ4n) is 3.44. The Morgan fingerprint density at radius 2 is 2.22 bits per heavy atom. The van der Waals surface area contributed by atoms with E-state index < -0.39 is 11.7 Å². The number of ether oxygens (including phenoxy) is 1. The number of hydrogen-bond donors (Lipinski definition) is 1. The zero-order valence-electron chi connectivity index (χ0n) is 13.3. The van der Waals surface area contributed by atoms with Crippen molar-refractivity contribution in [3.8, 4) is 0 Å². The monoisotopic (exact) mass is 320 g/mol. The molecule has 2 aliphatic heterocycles. The van der Waals surface area contributed by atoms with Crippen LogP contribution in [0.15, 0.2) is 18.2 Å². The van der Waals surface area contributed by atoms with E-state index in [0.29, 0.717) is 24.5 Å². The summed E-state index contributed by atoms with van der Waals surface area (Å²) >= 11 is 0. The minimum absolute atomic E-state index is 0.0167. The molecule has 0 saturated carbocycles. The van der Waals surface area contributed by atoms with E-state index in [2.05, 4.69) is 5.32 Å². The lowest BCUT2D eigenvalue weighted by Crippen LogP contribution is -2.48. The lowest BCUT2D eigenvalue weighted by atomic mass is 9.88. The third-order valence-electron chi connectivity index (χ3n) is 4.46. The Hall–Kier alpha value is -1.95. The topological polar surface area (TPSA) is 58.6 Å². The van der Waals surface area contributed by atoms with Crippen LogP contribution in [0.3, 0.4) is 0 Å². The first-order valence-electron chi connectivity index (χ1n) is 7.96. The molecule has 124 valence electrons. The summed E-state index contributed by atoms with van der Waals surface area (Å²) < 4.78 is 18.8. The SMILES string of the molecule is CC(C)N(C(=O)[C@@H]1CC(=O)Nc2cc(F)ccc21)[C@H]1CCOC1. The molecule has 23 heavy (non-hydrogen) atoms. The highest BCUT2D eigenvalue weighted by Gasteiger charge is 2.38. The molecule has 3 rings (SSSR count). The average molecular weight is 320 g/mol. The van der Waals surface area contributed by atoms with Crippen molar-refractivity contribution in [2.45, 2.75) is 44.7 Å². The molecule has 6 heteroatoms. The zero-order chi connectivity index (χ0) is 16.6. The second kappa shape index (κ2) is 6.28. The number of hydrogen-bond acceptors (Lipinski definition) is 3. The van der Waals surface area contributed by atoms with E-state index in [1.807, 2.05) is 18.7 Å². The first-order valence-corrected chi connectivity index (χ1v) is 7.96. The van der Waals surface area contributed by atoms with Crippen molar-refractivity contribution in [2.24, 2.45) is 0 Å². The number of halogens is 1. The van der Waals surface area contributed by atoms with Gasteiger partial charge in [0, 0.05) is 24.8 Å². The summed E-state index contributed by atoms with van der Waals surface area (Å²) in [5.41, 5.74) is 1.08. The first kappa shape index (κ1) is 15.9. The number of nitrogens with zero attached hydrogens (tertiary/aromatic N) is 1. The molecule has 1 aromatic carbocycles. The van der Waals surface area contributed by atoms with Crippen LogP contribution in [0.5, 0.6) is 0 Å². The molecule has 2 amide bonds. The number of benzene rings is 1. The zero-order valence-corrected chi connectivity index (χ0v) is 13.3. The van der Waals surface area contributed by atoms with Gasteiger partial charge in [0.2, 0.25) is 11.8 Å². The highest BCUT2D eigenvalue weighted by atomic mass is 19.1. The van der Waals surface area contributed by atoms with Crippen molar-refractivity contribution in [1.82, 2.24) is 4.90 Å². The number of carbonyl (C=O) groups is 2. The molecule has 0 spiro atoms. The maximum Gasteiger partial charge on any atom is 0.231 e. The van der Waals surface area contributed by atoms with Gasteiger partial charge in [-0.05, 0) is 38.0 Å². The normalized spacial score (nSPS) is 23.6. The van der Waals surface area contributed by atoms with Gasteiger partial charge in [0.15, 0.2) is 0 Å². The maximum absolute atomic E-state index is 13.4. The van der Waals surface area contributed by atoms with E-state index in [1.54, 1.807) is 6.07 Å². The van der Waals surface area contributed by atoms with Crippen LogP contribution in [0.4, 0.5) is 10.1 Å². The van der Waals surface area contributed by atoms with E-state index in [9.17, 15) is 14.0 Å². The average Bonchev–Trinajstić information content (AvgIpc) is 2.99. The lowest BCUT2D eigenvalue weighted by Gasteiger charge is -2.36. The number of anilines is 1. The molecule has 1 aromatic rings. The molecule has 0 unspecified atom stereocenters. The van der Waals surface area contributed by atoms with Crippen LogP contribution >= 0.6 is 0 Å². The van der Waals surface area contributed by atoms with E-state index in [4.69, 9.17) is 4.74 Å². The number of amides is 2. The molecule has 2 aliphatic rings. The van der Waals surface area contributed by atoms with Gasteiger partial charge in [-0.3, -0.25) is 9.59 Å². The van der Waals surface area contributed by atoms with Gasteiger partial charge in [0.05, 0.1) is 18.6 Å². The van der Waals surface area contributed by atoms with Crippen molar-refractivity contribution in [1.29, 1.82) is 0 Å². The van der Waals surface area contributed by atoms with Crippen LogP contribution in [-0.4, -0.2) is 42.0 Å². The molecule has 2 heterocycles. The standard InChI is InChI=1S/C17H21FN2O3/c1-10(2)20(12-5-6-23-9-12)17(22)14-8-16(21)19-15-7-11(18)3-4-13(14)15/h3-4,7,10,12,14H,5-6,8-9H2,1-2H3,(H,19,21)/t12-,14+/m0/s1. The molecule has 1 N–H and O–H groups in total. The van der Waals surface area contributed by atoms with Crippen molar-refractivity contribution >= 4 is 17.5 Å². The fraction of sp³-hybridized carbons (Fsp3) is 0.529. The summed E-state index contributed by atoms with van der Waals surface area (Å²) in [4.78, 5) is 26.9. The van der Waals surface area contributed by atoms with Gasteiger partial charge in [-0.25, -0.2) is 4.39 Å². The molecule has 1 fully saturated rings. The largest absolute Gasteiger partial charge is 0.379 e. The van der Waals surface area contributed by atoms with Gasteiger partial charge in [-0.2, -0.15) is 0 Å². The van der Waals surface area contributed by atoms with E-state index in [-0.39, 0.29) is 30.3 Å². The van der Waals surface area contributed by atoms with E-state index in [1.165, 1.54) is 12.1 Å². The van der Waals surface area contributed by atoms with Gasteiger partial charge < -0.3 is 15.0 Å². The number of nitrogens with one attached hydrogen (secondary N) is 1. The van der Waals surface area contributed by atoms with Gasteiger partial charge in [-0.1, -0.05) is 6.07 Å². The fourth-order valence-corrected chi connectivity index (χ4v) is 3.44. The molecular formula is C17H21FN2O3. The quantitative estimate of drug-likeness (QED) is 0.929. The highest BCUT2D eigenvalue weighted by molar-refractivity contribution is 6.01. The second-order valence-electron chi connectivity index (χ2n) is 6.39. The number of fused-ring (bicyclic) bond motifs is 1. The van der Waals surface area contributed by atoms with Crippen LogP contribution in [0.25, 0.3) is 0 Å². The highest BCUT2D eigenvalue weighted by Crippen LogP contribution is 2.35. The van der Waals surface area contributed by atoms with Gasteiger partial charge in [-0.15, -0.1) is 0 Å². The lowest BCUT2D eigenvalue weighted by molar-refractivity contribution is -0.139. The number of rotatable bonds is 3. The Bertz CT molecular complexity index is 626. The van der Waals surface area contributed by atoms with Gasteiger partial charge in [0.25, 0.3) is 0 Å². The predicted molar refractivity (Wildman–Crippen MR) is 83.6 cm³/mol. The van der Waals surface area contributed by atoms with Crippen LogP contribution in [0, 0.1) is 5.82 Å². The molecule has 5 nitrogen and oxygen atoms in total. The van der Waals surface area contributed by atoms with Crippen LogP contribution in [0.1, 0.15) is 38.2 Å². The predicted octanol–water partition coefficient (Wildman–Crippen LogP) is 2.28. The molecule has 0 aromatic heterocycles. The van der Waals surface area contributed by atoms with Gasteiger partial charge in [0.1, 0.15) is 5.82 Å². The minimum atomic E-state index is -0.567. The summed E-state index contributed by atoms with van der Waals surface area (Å²) in [5, 5.41) is 2.65. The van der Waals surface area contributed by atoms with Crippen LogP contribution in [-0.2, 0) is 14.3 Å². The van der Waals surface area contributed by atoms with Crippen LogP contribution < -0.4 is 5.32 Å². The summed E-state index contributed by atoms with van der Waals surface area (Å²) in [6, 6.07) is 4.25. The molecule has 0 bridgehead atoms. The van der Waals surface area contributed by atoms with Crippen molar-refractivity contribution in [3.63, 3.8) is 0 Å². The van der Waals surface area contributed by atoms with E-state index >= 15 is 0 Å². The smallest absolute Gasteiger partial charge is 0.231 e. The summed E-state index contributed by atoms with van der Waals surface area (Å²) in [6.45, 7) is 5.10. The van der Waals surface area contributed by atoms with E-state index in [0.717, 1.165) is 6.42 Å². The molecule has 0 aliphatic carbocycles. The van der Waals surface area contributed by atoms with Crippen molar-refractivity contribution in [3.05, 3.63) is 29.6 Å². The maximum atomic E-state index is 13.4. The van der Waals surface area contributed by atoms with Crippen LogP contribution in [0.2, 0.25) is 0 Å². The van der Waals surface area contributed by atoms with Gasteiger partial charge >= 0.3 is 0 Å². The molecule has 1 saturated heterocycles. The molecular weight excluding hydrogens is 299 g/mol. The first-order chi connectivity index (χ1) is 11.0. The third kappa shape index (κ3) is 3.08. The minimum Gasteiger partial charge on any atom is -0.379 e. The summed E-state index contributed by atoms with van der Waals surface area (Å²) in [5.74, 6) is -1.34. The van der Waals surface area contributed by atoms with Crippen molar-refractivity contribution in [2.75, 3.05) is 18.5 Å². The second-order valence-corrected chi connectivity index (χ2v) is 6.39. The summed E-state index contributed by atoms with van der Waals surface area (Å²) in [6.07, 6.45) is 0.896. The molecule has 0 radical (unpaired) electrons. The Kier molecular flexibility index (Phi) is 4.35. The Morgan fingerprint density at radius 3 is 2.87 bits per heavy atom. The Morgan fingerprint density at radius 1 is 1.43 bits per heavy atom. The molecule has 2 atom stereocenters. The number of carbonyl (C=O) groups excluding carboxylic acids is 2. The Balaban J connectivity index is 1.93. The van der Waals surface area contributed by atoms with Crippen molar-refractivity contribution < 1.29 is 18.7 Å². The third-order valence-corrected chi connectivity index (χ3v) is 4.46. The Labute approximate surface area is 134 Å².